The number of nitrogens with zero attached hydrogens (tertiary/aromatic N) is 5. The zero-order chi connectivity index (χ0) is 23.8. The van der Waals surface area contributed by atoms with Gasteiger partial charge in [0.25, 0.3) is 5.91 Å². The molecule has 3 aliphatic rings. The van der Waals surface area contributed by atoms with E-state index in [1.54, 1.807) is 17.0 Å². The number of piperazine rings is 1. The third-order valence-corrected chi connectivity index (χ3v) is 7.20. The number of halogens is 1. The van der Waals surface area contributed by atoms with Crippen molar-refractivity contribution in [3.8, 4) is 0 Å². The standard InChI is InChI=1S/C25H26FN5O2S/c1-16(2)22-24(33)31-23(28-22)19-5-3-4-6-20(19)27-25(31)34-15-21(32)30-13-11-29(12-14-30)18-9-7-17(26)8-10-18/h3-10,16,22H,11-15H2,1-2H3/t22-/m1/s1. The molecule has 0 radical (unpaired) electrons. The normalized spacial score (nSPS) is 19.7. The maximum atomic E-state index is 13.2. The van der Waals surface area contributed by atoms with E-state index in [0.29, 0.717) is 37.2 Å². The number of carbonyl (C=O) groups is 2. The summed E-state index contributed by atoms with van der Waals surface area (Å²) in [6, 6.07) is 13.6. The number of benzene rings is 2. The van der Waals surface area contributed by atoms with Crippen molar-refractivity contribution in [2.45, 2.75) is 19.9 Å². The van der Waals surface area contributed by atoms with Crippen molar-refractivity contribution in [1.82, 2.24) is 9.80 Å². The molecule has 0 bridgehead atoms. The first-order chi connectivity index (χ1) is 16.4. The van der Waals surface area contributed by atoms with Crippen LogP contribution < -0.4 is 4.90 Å². The van der Waals surface area contributed by atoms with Gasteiger partial charge in [-0.1, -0.05) is 37.7 Å². The molecule has 5 rings (SSSR count). The van der Waals surface area contributed by atoms with E-state index in [1.807, 2.05) is 43.0 Å². The number of amidine groups is 2. The highest BCUT2D eigenvalue weighted by atomic mass is 32.2. The average Bonchev–Trinajstić information content (AvgIpc) is 3.21. The summed E-state index contributed by atoms with van der Waals surface area (Å²) in [6.45, 7) is 6.53. The molecule has 2 aromatic carbocycles. The Kier molecular flexibility index (Phi) is 6.12. The van der Waals surface area contributed by atoms with Crippen LogP contribution in [0.2, 0.25) is 0 Å². The molecule has 176 valence electrons. The van der Waals surface area contributed by atoms with Crippen LogP contribution in [-0.2, 0) is 9.59 Å². The summed E-state index contributed by atoms with van der Waals surface area (Å²) in [5.41, 5.74) is 2.56. The van der Waals surface area contributed by atoms with Gasteiger partial charge in [0.1, 0.15) is 17.7 Å². The topological polar surface area (TPSA) is 68.6 Å². The van der Waals surface area contributed by atoms with E-state index < -0.39 is 6.04 Å². The minimum absolute atomic E-state index is 0.0101. The van der Waals surface area contributed by atoms with Crippen LogP contribution in [0.4, 0.5) is 15.8 Å². The largest absolute Gasteiger partial charge is 0.368 e. The first-order valence-corrected chi connectivity index (χ1v) is 12.4. The Morgan fingerprint density at radius 2 is 1.79 bits per heavy atom. The van der Waals surface area contributed by atoms with Gasteiger partial charge in [-0.25, -0.2) is 14.3 Å². The zero-order valence-corrected chi connectivity index (χ0v) is 20.0. The Morgan fingerprint density at radius 3 is 2.50 bits per heavy atom. The van der Waals surface area contributed by atoms with Crippen molar-refractivity contribution < 1.29 is 14.0 Å². The second kappa shape index (κ2) is 9.21. The van der Waals surface area contributed by atoms with E-state index in [0.717, 1.165) is 16.9 Å². The molecular weight excluding hydrogens is 453 g/mol. The average molecular weight is 480 g/mol. The molecule has 0 spiro atoms. The Labute approximate surface area is 202 Å². The quantitative estimate of drug-likeness (QED) is 0.673. The number of thioether (sulfide) groups is 1. The molecular formula is C25H26FN5O2S. The van der Waals surface area contributed by atoms with Gasteiger partial charge in [0.2, 0.25) is 5.91 Å². The lowest BCUT2D eigenvalue weighted by Crippen LogP contribution is -2.49. The van der Waals surface area contributed by atoms with E-state index in [1.165, 1.54) is 23.9 Å². The first-order valence-electron chi connectivity index (χ1n) is 11.4. The summed E-state index contributed by atoms with van der Waals surface area (Å²) in [6.07, 6.45) is 0. The van der Waals surface area contributed by atoms with Crippen LogP contribution >= 0.6 is 11.8 Å². The Balaban J connectivity index is 1.25. The lowest BCUT2D eigenvalue weighted by atomic mass is 10.1. The van der Waals surface area contributed by atoms with Gasteiger partial charge < -0.3 is 9.80 Å². The fraction of sp³-hybridized carbons (Fsp3) is 0.360. The summed E-state index contributed by atoms with van der Waals surface area (Å²) >= 11 is 1.28. The molecule has 7 nitrogen and oxygen atoms in total. The molecule has 0 saturated carbocycles. The van der Waals surface area contributed by atoms with Gasteiger partial charge in [0.15, 0.2) is 5.17 Å². The number of carbonyl (C=O) groups excluding carboxylic acids is 2. The summed E-state index contributed by atoms with van der Waals surface area (Å²) in [5.74, 6) is 0.551. The van der Waals surface area contributed by atoms with Crippen molar-refractivity contribution in [2.24, 2.45) is 15.9 Å². The van der Waals surface area contributed by atoms with Gasteiger partial charge in [-0.15, -0.1) is 0 Å². The third-order valence-electron chi connectivity index (χ3n) is 6.28. The molecule has 2 aromatic rings. The minimum atomic E-state index is -0.442. The fourth-order valence-corrected chi connectivity index (χ4v) is 5.29. The lowest BCUT2D eigenvalue weighted by molar-refractivity contribution is -0.128. The van der Waals surface area contributed by atoms with Gasteiger partial charge in [-0.2, -0.15) is 0 Å². The number of hydrogen-bond acceptors (Lipinski definition) is 6. The van der Waals surface area contributed by atoms with Crippen molar-refractivity contribution in [3.63, 3.8) is 0 Å². The van der Waals surface area contributed by atoms with E-state index in [2.05, 4.69) is 4.90 Å². The van der Waals surface area contributed by atoms with E-state index in [4.69, 9.17) is 9.98 Å². The van der Waals surface area contributed by atoms with Gasteiger partial charge in [-0.3, -0.25) is 14.6 Å². The van der Waals surface area contributed by atoms with Gasteiger partial charge >= 0.3 is 0 Å². The second-order valence-electron chi connectivity index (χ2n) is 8.86. The summed E-state index contributed by atoms with van der Waals surface area (Å²) in [4.78, 5) is 41.1. The molecule has 2 amide bonds. The Morgan fingerprint density at radius 1 is 1.09 bits per heavy atom. The fourth-order valence-electron chi connectivity index (χ4n) is 4.38. The number of anilines is 1. The molecule has 34 heavy (non-hydrogen) atoms. The molecule has 9 heteroatoms. The Hall–Kier alpha value is -3.20. The predicted molar refractivity (Wildman–Crippen MR) is 133 cm³/mol. The molecule has 0 N–H and O–H groups in total. The van der Waals surface area contributed by atoms with Crippen LogP contribution in [0, 0.1) is 11.7 Å². The maximum absolute atomic E-state index is 13.2. The van der Waals surface area contributed by atoms with Crippen molar-refractivity contribution in [3.05, 3.63) is 59.9 Å². The summed E-state index contributed by atoms with van der Waals surface area (Å²) in [5, 5.41) is 0.504. The highest BCUT2D eigenvalue weighted by Gasteiger charge is 2.42. The maximum Gasteiger partial charge on any atom is 0.259 e. The predicted octanol–water partition coefficient (Wildman–Crippen LogP) is 3.52. The third kappa shape index (κ3) is 4.20. The van der Waals surface area contributed by atoms with Gasteiger partial charge in [0.05, 0.1) is 11.4 Å². The number of rotatable bonds is 4. The minimum Gasteiger partial charge on any atom is -0.368 e. The molecule has 1 saturated heterocycles. The number of fused-ring (bicyclic) bond motifs is 3. The SMILES string of the molecule is CC(C)[C@H]1N=C2c3ccccc3N=C(SCC(=O)N3CCN(c4ccc(F)cc4)CC3)N2C1=O. The van der Waals surface area contributed by atoms with E-state index >= 15 is 0 Å². The van der Waals surface area contributed by atoms with Crippen molar-refractivity contribution in [2.75, 3.05) is 36.8 Å². The smallest absolute Gasteiger partial charge is 0.259 e. The highest BCUT2D eigenvalue weighted by Crippen LogP contribution is 2.34. The van der Waals surface area contributed by atoms with Gasteiger partial charge in [0, 0.05) is 37.4 Å². The van der Waals surface area contributed by atoms with Crippen LogP contribution in [0.1, 0.15) is 19.4 Å². The van der Waals surface area contributed by atoms with Crippen LogP contribution in [0.5, 0.6) is 0 Å². The lowest BCUT2D eigenvalue weighted by Gasteiger charge is -2.36. The van der Waals surface area contributed by atoms with Crippen LogP contribution in [0.25, 0.3) is 0 Å². The summed E-state index contributed by atoms with van der Waals surface area (Å²) < 4.78 is 13.2. The molecule has 0 aromatic heterocycles. The van der Waals surface area contributed by atoms with Crippen molar-refractivity contribution >= 4 is 46.0 Å². The van der Waals surface area contributed by atoms with E-state index in [-0.39, 0.29) is 29.3 Å². The number of amides is 2. The number of hydrogen-bond donors (Lipinski definition) is 0. The second-order valence-corrected chi connectivity index (χ2v) is 9.80. The molecule has 0 unspecified atom stereocenters. The van der Waals surface area contributed by atoms with E-state index in [9.17, 15) is 14.0 Å². The van der Waals surface area contributed by atoms with Crippen molar-refractivity contribution in [1.29, 1.82) is 0 Å². The van der Waals surface area contributed by atoms with Crippen LogP contribution in [0.15, 0.2) is 58.5 Å². The molecule has 3 heterocycles. The van der Waals surface area contributed by atoms with Gasteiger partial charge in [-0.05, 0) is 42.3 Å². The first kappa shape index (κ1) is 22.6. The number of aliphatic imine (C=N–C) groups is 2. The molecule has 1 fully saturated rings. The highest BCUT2D eigenvalue weighted by molar-refractivity contribution is 8.14. The van der Waals surface area contributed by atoms with Crippen LogP contribution in [0.3, 0.4) is 0 Å². The monoisotopic (exact) mass is 479 g/mol. The summed E-state index contributed by atoms with van der Waals surface area (Å²) in [7, 11) is 0. The molecule has 1 atom stereocenters. The number of para-hydroxylation sites is 1. The molecule has 3 aliphatic heterocycles. The Bertz CT molecular complexity index is 1170. The zero-order valence-electron chi connectivity index (χ0n) is 19.1. The van der Waals surface area contributed by atoms with Crippen LogP contribution in [-0.4, -0.2) is 70.6 Å². The molecule has 0 aliphatic carbocycles.